The first-order valence-electron chi connectivity index (χ1n) is 9.96. The van der Waals surface area contributed by atoms with Gasteiger partial charge in [0.2, 0.25) is 0 Å². The number of amides is 1. The number of ether oxygens (including phenoxy) is 1. The molecule has 0 saturated heterocycles. The van der Waals surface area contributed by atoms with Crippen molar-refractivity contribution in [3.8, 4) is 11.8 Å². The smallest absolute Gasteiger partial charge is 0.261 e. The van der Waals surface area contributed by atoms with Gasteiger partial charge in [0.25, 0.3) is 5.91 Å². The average molecular weight is 442 g/mol. The van der Waals surface area contributed by atoms with Gasteiger partial charge >= 0.3 is 0 Å². The Bertz CT molecular complexity index is 1030. The number of rotatable bonds is 3. The first kappa shape index (κ1) is 22.3. The predicted octanol–water partition coefficient (Wildman–Crippen LogP) is 5.21. The van der Waals surface area contributed by atoms with Gasteiger partial charge in [-0.1, -0.05) is 32.9 Å². The summed E-state index contributed by atoms with van der Waals surface area (Å²) in [6.45, 7) is 8.69. The summed E-state index contributed by atoms with van der Waals surface area (Å²) in [6, 6.07) is 7.71. The highest BCUT2D eigenvalue weighted by Crippen LogP contribution is 2.44. The number of nitrogens with one attached hydrogen (secondary N) is 2. The number of benzene rings is 1. The standard InChI is InChI=1S/C23H27N3O2S2/c1-13-7-6-8-16(19(13)28-5)20(27)25-22(29)26-21-17(12-24)15-10-9-14(23(2,3)4)11-18(15)30-21/h6-8,14H,9-11H2,1-5H3,(H2,25,26,27,29)/t14-/m0/s1. The molecule has 1 atom stereocenters. The molecule has 1 aliphatic rings. The zero-order valence-electron chi connectivity index (χ0n) is 18.0. The fourth-order valence-electron chi connectivity index (χ4n) is 3.94. The van der Waals surface area contributed by atoms with Gasteiger partial charge in [-0.15, -0.1) is 11.3 Å². The maximum atomic E-state index is 12.7. The van der Waals surface area contributed by atoms with Gasteiger partial charge in [0, 0.05) is 4.88 Å². The molecule has 7 heteroatoms. The van der Waals surface area contributed by atoms with Crippen LogP contribution in [0.1, 0.15) is 59.1 Å². The van der Waals surface area contributed by atoms with Crippen LogP contribution in [-0.2, 0) is 12.8 Å². The van der Waals surface area contributed by atoms with E-state index in [-0.39, 0.29) is 16.4 Å². The number of fused-ring (bicyclic) bond motifs is 1. The van der Waals surface area contributed by atoms with Gasteiger partial charge in [-0.2, -0.15) is 5.26 Å². The maximum Gasteiger partial charge on any atom is 0.261 e. The van der Waals surface area contributed by atoms with Crippen molar-refractivity contribution < 1.29 is 9.53 Å². The Hall–Kier alpha value is -2.43. The van der Waals surface area contributed by atoms with Crippen molar-refractivity contribution in [2.75, 3.05) is 12.4 Å². The van der Waals surface area contributed by atoms with Gasteiger partial charge in [0.05, 0.1) is 18.2 Å². The Kier molecular flexibility index (Phi) is 6.49. The number of anilines is 1. The third-order valence-corrected chi connectivity index (χ3v) is 7.09. The lowest BCUT2D eigenvalue weighted by atomic mass is 9.72. The van der Waals surface area contributed by atoms with Crippen molar-refractivity contribution >= 4 is 39.6 Å². The molecule has 0 saturated carbocycles. The minimum absolute atomic E-state index is 0.172. The monoisotopic (exact) mass is 441 g/mol. The van der Waals surface area contributed by atoms with Crippen LogP contribution >= 0.6 is 23.6 Å². The van der Waals surface area contributed by atoms with Crippen LogP contribution in [-0.4, -0.2) is 18.1 Å². The van der Waals surface area contributed by atoms with E-state index in [0.29, 0.717) is 27.8 Å². The molecule has 30 heavy (non-hydrogen) atoms. The van der Waals surface area contributed by atoms with Crippen molar-refractivity contribution in [1.29, 1.82) is 5.26 Å². The molecular weight excluding hydrogens is 414 g/mol. The molecule has 2 N–H and O–H groups in total. The molecule has 1 heterocycles. The number of hydrogen-bond acceptors (Lipinski definition) is 5. The molecule has 0 bridgehead atoms. The zero-order valence-corrected chi connectivity index (χ0v) is 19.6. The fraction of sp³-hybridized carbons (Fsp3) is 0.435. The number of hydrogen-bond donors (Lipinski definition) is 2. The predicted molar refractivity (Wildman–Crippen MR) is 125 cm³/mol. The van der Waals surface area contributed by atoms with E-state index >= 15 is 0 Å². The summed E-state index contributed by atoms with van der Waals surface area (Å²) in [5.41, 5.74) is 3.29. The first-order chi connectivity index (χ1) is 14.2. The van der Waals surface area contributed by atoms with Crippen molar-refractivity contribution in [2.24, 2.45) is 11.3 Å². The van der Waals surface area contributed by atoms with E-state index in [9.17, 15) is 10.1 Å². The summed E-state index contributed by atoms with van der Waals surface area (Å²) in [6.07, 6.45) is 2.95. The molecule has 0 radical (unpaired) electrons. The fourth-order valence-corrected chi connectivity index (χ4v) is 5.48. The Morgan fingerprint density at radius 1 is 1.37 bits per heavy atom. The highest BCUT2D eigenvalue weighted by atomic mass is 32.1. The third-order valence-electron chi connectivity index (χ3n) is 5.72. The van der Waals surface area contributed by atoms with Crippen LogP contribution < -0.4 is 15.4 Å². The number of para-hydroxylation sites is 1. The van der Waals surface area contributed by atoms with Crippen LogP contribution in [0.2, 0.25) is 0 Å². The molecule has 0 aliphatic heterocycles. The molecule has 0 spiro atoms. The van der Waals surface area contributed by atoms with E-state index in [2.05, 4.69) is 37.5 Å². The lowest BCUT2D eigenvalue weighted by Crippen LogP contribution is -2.34. The second-order valence-corrected chi connectivity index (χ2v) is 10.2. The van der Waals surface area contributed by atoms with Crippen LogP contribution in [0.25, 0.3) is 0 Å². The van der Waals surface area contributed by atoms with Crippen LogP contribution in [0.3, 0.4) is 0 Å². The van der Waals surface area contributed by atoms with E-state index in [4.69, 9.17) is 17.0 Å². The molecule has 1 aromatic heterocycles. The van der Waals surface area contributed by atoms with Gasteiger partial charge in [-0.25, -0.2) is 0 Å². The second-order valence-electron chi connectivity index (χ2n) is 8.69. The Morgan fingerprint density at radius 2 is 2.10 bits per heavy atom. The van der Waals surface area contributed by atoms with Gasteiger partial charge in [0.15, 0.2) is 5.11 Å². The number of thiophene rings is 1. The Morgan fingerprint density at radius 3 is 2.73 bits per heavy atom. The average Bonchev–Trinajstić information content (AvgIpc) is 3.02. The summed E-state index contributed by atoms with van der Waals surface area (Å²) < 4.78 is 5.36. The van der Waals surface area contributed by atoms with Crippen LogP contribution in [0.5, 0.6) is 5.75 Å². The summed E-state index contributed by atoms with van der Waals surface area (Å²) in [7, 11) is 1.54. The minimum Gasteiger partial charge on any atom is -0.496 e. The van der Waals surface area contributed by atoms with E-state index in [1.54, 1.807) is 23.5 Å². The van der Waals surface area contributed by atoms with Crippen LogP contribution in [0.4, 0.5) is 5.00 Å². The third kappa shape index (κ3) is 4.50. The number of aryl methyl sites for hydroxylation is 1. The van der Waals surface area contributed by atoms with Crippen molar-refractivity contribution in [1.82, 2.24) is 5.32 Å². The Labute approximate surface area is 187 Å². The van der Waals surface area contributed by atoms with Crippen LogP contribution in [0.15, 0.2) is 18.2 Å². The molecule has 2 aromatic rings. The highest BCUT2D eigenvalue weighted by molar-refractivity contribution is 7.80. The molecule has 1 aliphatic carbocycles. The summed E-state index contributed by atoms with van der Waals surface area (Å²) in [5.74, 6) is 0.763. The number of carbonyl (C=O) groups is 1. The number of nitriles is 1. The van der Waals surface area contributed by atoms with Crippen LogP contribution in [0, 0.1) is 29.6 Å². The maximum absolute atomic E-state index is 12.7. The molecule has 1 amide bonds. The summed E-state index contributed by atoms with van der Waals surface area (Å²) >= 11 is 6.94. The number of carbonyl (C=O) groups excluding carboxylic acids is 1. The minimum atomic E-state index is -0.347. The van der Waals surface area contributed by atoms with Gasteiger partial charge in [-0.05, 0) is 66.9 Å². The second kappa shape index (κ2) is 8.75. The number of methoxy groups -OCH3 is 1. The zero-order chi connectivity index (χ0) is 22.1. The summed E-state index contributed by atoms with van der Waals surface area (Å²) in [4.78, 5) is 13.9. The molecule has 0 fully saturated rings. The molecule has 5 nitrogen and oxygen atoms in total. The van der Waals surface area contributed by atoms with E-state index < -0.39 is 0 Å². The highest BCUT2D eigenvalue weighted by Gasteiger charge is 2.32. The van der Waals surface area contributed by atoms with Crippen molar-refractivity contribution in [3.05, 3.63) is 45.3 Å². The van der Waals surface area contributed by atoms with Gasteiger partial charge < -0.3 is 10.1 Å². The van der Waals surface area contributed by atoms with Crippen molar-refractivity contribution in [2.45, 2.75) is 47.0 Å². The van der Waals surface area contributed by atoms with Crippen molar-refractivity contribution in [3.63, 3.8) is 0 Å². The molecular formula is C23H27N3O2S2. The quantitative estimate of drug-likeness (QED) is 0.639. The van der Waals surface area contributed by atoms with Gasteiger partial charge in [0.1, 0.15) is 16.8 Å². The molecule has 3 rings (SSSR count). The van der Waals surface area contributed by atoms with E-state index in [0.717, 1.165) is 30.4 Å². The number of nitrogens with zero attached hydrogens (tertiary/aromatic N) is 1. The normalized spacial score (nSPS) is 15.7. The summed E-state index contributed by atoms with van der Waals surface area (Å²) in [5, 5.41) is 16.4. The molecule has 158 valence electrons. The van der Waals surface area contributed by atoms with Gasteiger partial charge in [-0.3, -0.25) is 10.1 Å². The topological polar surface area (TPSA) is 74.2 Å². The number of thiocarbonyl (C=S) groups is 1. The Balaban J connectivity index is 1.77. The SMILES string of the molecule is COc1c(C)cccc1C(=O)NC(=S)Nc1sc2c(c1C#N)CC[C@H](C(C)(C)C)C2. The first-order valence-corrected chi connectivity index (χ1v) is 11.2. The molecule has 1 aromatic carbocycles. The van der Waals surface area contributed by atoms with E-state index in [1.165, 1.54) is 12.0 Å². The lowest BCUT2D eigenvalue weighted by molar-refractivity contribution is 0.0974. The van der Waals surface area contributed by atoms with E-state index in [1.807, 2.05) is 13.0 Å². The lowest BCUT2D eigenvalue weighted by Gasteiger charge is -2.33. The molecule has 0 unspecified atom stereocenters. The largest absolute Gasteiger partial charge is 0.496 e.